The summed E-state index contributed by atoms with van der Waals surface area (Å²) in [5, 5.41) is 2.90. The highest BCUT2D eigenvalue weighted by Crippen LogP contribution is 2.33. The zero-order chi connectivity index (χ0) is 17.8. The molecule has 0 aliphatic carbocycles. The summed E-state index contributed by atoms with van der Waals surface area (Å²) in [6, 6.07) is 11.2. The number of benzene rings is 2. The molecule has 1 aliphatic rings. The number of fused-ring (bicyclic) bond motifs is 1. The average molecular weight is 341 g/mol. The van der Waals surface area contributed by atoms with Gasteiger partial charge >= 0.3 is 0 Å². The lowest BCUT2D eigenvalue weighted by Gasteiger charge is -2.29. The fourth-order valence-corrected chi connectivity index (χ4v) is 3.05. The Morgan fingerprint density at radius 3 is 2.40 bits per heavy atom. The van der Waals surface area contributed by atoms with Crippen LogP contribution in [0.25, 0.3) is 0 Å². The van der Waals surface area contributed by atoms with E-state index in [4.69, 9.17) is 15.2 Å². The number of anilines is 2. The fourth-order valence-electron chi connectivity index (χ4n) is 3.05. The van der Waals surface area contributed by atoms with Crippen molar-refractivity contribution in [3.05, 3.63) is 47.5 Å². The van der Waals surface area contributed by atoms with Gasteiger partial charge in [0.1, 0.15) is 0 Å². The third-order valence-corrected chi connectivity index (χ3v) is 4.36. The van der Waals surface area contributed by atoms with Gasteiger partial charge in [0.25, 0.3) is 0 Å². The Bertz CT molecular complexity index is 759. The van der Waals surface area contributed by atoms with Crippen LogP contribution < -0.4 is 20.5 Å². The predicted octanol–water partition coefficient (Wildman–Crippen LogP) is 2.28. The summed E-state index contributed by atoms with van der Waals surface area (Å²) in [7, 11) is 3.27. The van der Waals surface area contributed by atoms with E-state index < -0.39 is 0 Å². The molecule has 0 fully saturated rings. The maximum absolute atomic E-state index is 12.3. The second kappa shape index (κ2) is 7.44. The average Bonchev–Trinajstić information content (AvgIpc) is 2.62. The van der Waals surface area contributed by atoms with E-state index in [0.29, 0.717) is 18.8 Å². The topological polar surface area (TPSA) is 76.8 Å². The van der Waals surface area contributed by atoms with Crippen LogP contribution in [-0.2, 0) is 17.8 Å². The van der Waals surface area contributed by atoms with Crippen molar-refractivity contribution >= 4 is 17.3 Å². The Labute approximate surface area is 147 Å². The number of nitrogens with zero attached hydrogens (tertiary/aromatic N) is 1. The molecule has 0 bridgehead atoms. The quantitative estimate of drug-likeness (QED) is 0.816. The van der Waals surface area contributed by atoms with Crippen LogP contribution in [0.2, 0.25) is 0 Å². The first-order valence-electron chi connectivity index (χ1n) is 8.20. The number of ether oxygens (including phenoxy) is 2. The maximum Gasteiger partial charge on any atom is 0.238 e. The van der Waals surface area contributed by atoms with Gasteiger partial charge in [0.15, 0.2) is 11.5 Å². The highest BCUT2D eigenvalue weighted by molar-refractivity contribution is 5.92. The van der Waals surface area contributed by atoms with Gasteiger partial charge in [0.2, 0.25) is 5.91 Å². The zero-order valence-electron chi connectivity index (χ0n) is 14.5. The molecule has 3 rings (SSSR count). The second-order valence-electron chi connectivity index (χ2n) is 6.11. The molecule has 1 aliphatic heterocycles. The van der Waals surface area contributed by atoms with Crippen molar-refractivity contribution in [3.8, 4) is 11.5 Å². The van der Waals surface area contributed by atoms with Gasteiger partial charge in [-0.15, -0.1) is 0 Å². The smallest absolute Gasteiger partial charge is 0.238 e. The molecule has 0 saturated carbocycles. The molecule has 2 aromatic rings. The Morgan fingerprint density at radius 1 is 1.12 bits per heavy atom. The summed E-state index contributed by atoms with van der Waals surface area (Å²) in [5.74, 6) is 1.43. The van der Waals surface area contributed by atoms with E-state index in [9.17, 15) is 4.79 Å². The molecular weight excluding hydrogens is 318 g/mol. The molecule has 6 heteroatoms. The van der Waals surface area contributed by atoms with Crippen LogP contribution in [0.1, 0.15) is 11.1 Å². The first-order chi connectivity index (χ1) is 12.1. The maximum atomic E-state index is 12.3. The van der Waals surface area contributed by atoms with Crippen molar-refractivity contribution in [3.63, 3.8) is 0 Å². The van der Waals surface area contributed by atoms with Gasteiger partial charge in [-0.05, 0) is 53.9 Å². The molecule has 6 nitrogen and oxygen atoms in total. The minimum Gasteiger partial charge on any atom is -0.493 e. The van der Waals surface area contributed by atoms with Crippen molar-refractivity contribution in [2.24, 2.45) is 0 Å². The van der Waals surface area contributed by atoms with Crippen molar-refractivity contribution in [1.82, 2.24) is 4.90 Å². The number of nitrogen functional groups attached to an aromatic ring is 1. The van der Waals surface area contributed by atoms with E-state index in [-0.39, 0.29) is 5.91 Å². The van der Waals surface area contributed by atoms with Crippen LogP contribution >= 0.6 is 0 Å². The second-order valence-corrected chi connectivity index (χ2v) is 6.11. The van der Waals surface area contributed by atoms with E-state index >= 15 is 0 Å². The molecule has 25 heavy (non-hydrogen) atoms. The number of amides is 1. The minimum atomic E-state index is -0.0336. The summed E-state index contributed by atoms with van der Waals surface area (Å²) in [6.45, 7) is 1.89. The Morgan fingerprint density at radius 2 is 1.76 bits per heavy atom. The van der Waals surface area contributed by atoms with Gasteiger partial charge in [0.05, 0.1) is 20.8 Å². The number of methoxy groups -OCH3 is 2. The van der Waals surface area contributed by atoms with Crippen molar-refractivity contribution in [2.75, 3.05) is 38.4 Å². The predicted molar refractivity (Wildman–Crippen MR) is 98.0 cm³/mol. The lowest BCUT2D eigenvalue weighted by molar-refractivity contribution is -0.117. The number of rotatable bonds is 5. The Hall–Kier alpha value is -2.73. The van der Waals surface area contributed by atoms with Crippen LogP contribution in [0.4, 0.5) is 11.4 Å². The number of nitrogens with one attached hydrogen (secondary N) is 1. The van der Waals surface area contributed by atoms with E-state index in [2.05, 4.69) is 10.2 Å². The molecule has 0 aromatic heterocycles. The molecule has 2 aromatic carbocycles. The molecule has 0 saturated heterocycles. The molecule has 1 amide bonds. The van der Waals surface area contributed by atoms with E-state index in [0.717, 1.165) is 30.2 Å². The van der Waals surface area contributed by atoms with Gasteiger partial charge in [-0.1, -0.05) is 0 Å². The SMILES string of the molecule is COc1cc2c(cc1OC)CN(CC(=O)Nc1ccc(N)cc1)CC2. The van der Waals surface area contributed by atoms with Crippen molar-refractivity contribution < 1.29 is 14.3 Å². The number of nitrogens with two attached hydrogens (primary N) is 1. The van der Waals surface area contributed by atoms with Gasteiger partial charge < -0.3 is 20.5 Å². The summed E-state index contributed by atoms with van der Waals surface area (Å²) in [4.78, 5) is 14.4. The monoisotopic (exact) mass is 341 g/mol. The minimum absolute atomic E-state index is 0.0336. The number of carbonyl (C=O) groups excluding carboxylic acids is 1. The summed E-state index contributed by atoms with van der Waals surface area (Å²) in [5.41, 5.74) is 9.50. The molecule has 3 N–H and O–H groups in total. The lowest BCUT2D eigenvalue weighted by Crippen LogP contribution is -2.37. The van der Waals surface area contributed by atoms with Gasteiger partial charge in [-0.2, -0.15) is 0 Å². The number of hydrogen-bond donors (Lipinski definition) is 2. The van der Waals surface area contributed by atoms with Crippen LogP contribution in [0.15, 0.2) is 36.4 Å². The first-order valence-corrected chi connectivity index (χ1v) is 8.20. The lowest BCUT2D eigenvalue weighted by atomic mass is 9.99. The fraction of sp³-hybridized carbons (Fsp3) is 0.316. The number of hydrogen-bond acceptors (Lipinski definition) is 5. The summed E-state index contributed by atoms with van der Waals surface area (Å²) in [6.07, 6.45) is 0.880. The van der Waals surface area contributed by atoms with Crippen LogP contribution in [0, 0.1) is 0 Å². The molecule has 1 heterocycles. The molecule has 0 unspecified atom stereocenters. The molecule has 0 atom stereocenters. The highest BCUT2D eigenvalue weighted by atomic mass is 16.5. The van der Waals surface area contributed by atoms with E-state index in [1.165, 1.54) is 11.1 Å². The highest BCUT2D eigenvalue weighted by Gasteiger charge is 2.21. The Balaban J connectivity index is 1.64. The molecule has 0 spiro atoms. The van der Waals surface area contributed by atoms with Crippen LogP contribution in [-0.4, -0.2) is 38.1 Å². The van der Waals surface area contributed by atoms with Gasteiger partial charge in [-0.25, -0.2) is 0 Å². The zero-order valence-corrected chi connectivity index (χ0v) is 14.5. The largest absolute Gasteiger partial charge is 0.493 e. The van der Waals surface area contributed by atoms with Gasteiger partial charge in [0, 0.05) is 24.5 Å². The van der Waals surface area contributed by atoms with Crippen molar-refractivity contribution in [1.29, 1.82) is 0 Å². The van der Waals surface area contributed by atoms with Gasteiger partial charge in [-0.3, -0.25) is 9.69 Å². The third kappa shape index (κ3) is 4.03. The standard InChI is InChI=1S/C19H23N3O3/c1-24-17-9-13-7-8-22(11-14(13)10-18(17)25-2)12-19(23)21-16-5-3-15(20)4-6-16/h3-6,9-10H,7-8,11-12,20H2,1-2H3,(H,21,23). The normalized spacial score (nSPS) is 13.8. The van der Waals surface area contributed by atoms with Crippen LogP contribution in [0.5, 0.6) is 11.5 Å². The number of carbonyl (C=O) groups is 1. The summed E-state index contributed by atoms with van der Waals surface area (Å²) < 4.78 is 10.7. The molecular formula is C19H23N3O3. The summed E-state index contributed by atoms with van der Waals surface area (Å²) >= 11 is 0. The first kappa shape index (κ1) is 17.1. The van der Waals surface area contributed by atoms with Crippen LogP contribution in [0.3, 0.4) is 0 Å². The molecule has 0 radical (unpaired) electrons. The third-order valence-electron chi connectivity index (χ3n) is 4.36. The Kier molecular flexibility index (Phi) is 5.09. The van der Waals surface area contributed by atoms with Crippen molar-refractivity contribution in [2.45, 2.75) is 13.0 Å². The van der Waals surface area contributed by atoms with E-state index in [1.54, 1.807) is 38.5 Å². The molecule has 132 valence electrons. The van der Waals surface area contributed by atoms with E-state index in [1.807, 2.05) is 12.1 Å².